The Morgan fingerprint density at radius 1 is 1.44 bits per heavy atom. The fraction of sp³-hybridized carbons (Fsp3) is 0.417. The summed E-state index contributed by atoms with van der Waals surface area (Å²) in [5.41, 5.74) is 1.06. The van der Waals surface area contributed by atoms with Gasteiger partial charge in [-0.3, -0.25) is 0 Å². The number of ether oxygens (including phenoxy) is 2. The molecule has 0 unspecified atom stereocenters. The SMILES string of the molecule is CCOC(=O)COc1cc(Cl)c(CO)c(Cl)c1C. The van der Waals surface area contributed by atoms with Crippen LogP contribution < -0.4 is 4.74 Å². The van der Waals surface area contributed by atoms with E-state index in [0.717, 1.165) is 0 Å². The molecular formula is C12H14Cl2O4. The molecule has 1 N–H and O–H groups in total. The number of rotatable bonds is 5. The maximum Gasteiger partial charge on any atom is 0.344 e. The van der Waals surface area contributed by atoms with Crippen LogP contribution in [0.1, 0.15) is 18.1 Å². The minimum absolute atomic E-state index is 0.209. The predicted molar refractivity (Wildman–Crippen MR) is 69.2 cm³/mol. The molecule has 0 aliphatic carbocycles. The molecule has 100 valence electrons. The number of hydrogen-bond acceptors (Lipinski definition) is 4. The van der Waals surface area contributed by atoms with E-state index < -0.39 is 5.97 Å². The zero-order chi connectivity index (χ0) is 13.7. The molecule has 0 aliphatic heterocycles. The molecule has 0 spiro atoms. The third kappa shape index (κ3) is 3.51. The summed E-state index contributed by atoms with van der Waals surface area (Å²) in [5, 5.41) is 9.75. The summed E-state index contributed by atoms with van der Waals surface area (Å²) in [6, 6.07) is 1.52. The second kappa shape index (κ2) is 6.83. The number of carbonyl (C=O) groups is 1. The van der Waals surface area contributed by atoms with Crippen molar-refractivity contribution in [3.05, 3.63) is 27.2 Å². The summed E-state index contributed by atoms with van der Waals surface area (Å²) < 4.78 is 10.0. The Kier molecular flexibility index (Phi) is 5.72. The summed E-state index contributed by atoms with van der Waals surface area (Å²) in [5.74, 6) is -0.0642. The van der Waals surface area contributed by atoms with Gasteiger partial charge >= 0.3 is 5.97 Å². The Bertz CT molecular complexity index is 446. The first-order valence-corrected chi connectivity index (χ1v) is 6.13. The molecule has 0 aliphatic rings. The van der Waals surface area contributed by atoms with Crippen LogP contribution in [0.5, 0.6) is 5.75 Å². The van der Waals surface area contributed by atoms with E-state index in [0.29, 0.717) is 33.5 Å². The van der Waals surface area contributed by atoms with Crippen LogP contribution in [0.15, 0.2) is 6.07 Å². The average Bonchev–Trinajstić information content (AvgIpc) is 2.33. The van der Waals surface area contributed by atoms with Crippen molar-refractivity contribution in [2.24, 2.45) is 0 Å². The summed E-state index contributed by atoms with van der Waals surface area (Å²) >= 11 is 12.0. The Morgan fingerprint density at radius 2 is 2.11 bits per heavy atom. The highest BCUT2D eigenvalue weighted by Gasteiger charge is 2.14. The lowest BCUT2D eigenvalue weighted by Crippen LogP contribution is -2.15. The normalized spacial score (nSPS) is 10.3. The van der Waals surface area contributed by atoms with Gasteiger partial charge in [0.15, 0.2) is 6.61 Å². The first-order valence-electron chi connectivity index (χ1n) is 5.38. The lowest BCUT2D eigenvalue weighted by molar-refractivity contribution is -0.145. The topological polar surface area (TPSA) is 55.8 Å². The van der Waals surface area contributed by atoms with E-state index in [1.807, 2.05) is 0 Å². The van der Waals surface area contributed by atoms with Crippen molar-refractivity contribution in [2.75, 3.05) is 13.2 Å². The number of carbonyl (C=O) groups excluding carboxylic acids is 1. The summed E-state index contributed by atoms with van der Waals surface area (Å²) in [6.07, 6.45) is 0. The van der Waals surface area contributed by atoms with Gasteiger partial charge in [0, 0.05) is 11.1 Å². The van der Waals surface area contributed by atoms with E-state index in [-0.39, 0.29) is 13.2 Å². The quantitative estimate of drug-likeness (QED) is 0.848. The van der Waals surface area contributed by atoms with Crippen molar-refractivity contribution in [3.63, 3.8) is 0 Å². The second-order valence-electron chi connectivity index (χ2n) is 3.53. The third-order valence-corrected chi connectivity index (χ3v) is 3.17. The number of aliphatic hydroxyl groups is 1. The molecule has 0 aromatic heterocycles. The first kappa shape index (κ1) is 15.1. The van der Waals surface area contributed by atoms with Crippen molar-refractivity contribution < 1.29 is 19.4 Å². The van der Waals surface area contributed by atoms with Crippen LogP contribution in [0.3, 0.4) is 0 Å². The van der Waals surface area contributed by atoms with Gasteiger partial charge in [0.1, 0.15) is 5.75 Å². The number of esters is 1. The van der Waals surface area contributed by atoms with Crippen LogP contribution in [0.4, 0.5) is 0 Å². The maximum absolute atomic E-state index is 11.2. The van der Waals surface area contributed by atoms with Crippen molar-refractivity contribution in [1.29, 1.82) is 0 Å². The van der Waals surface area contributed by atoms with Gasteiger partial charge in [-0.2, -0.15) is 0 Å². The monoisotopic (exact) mass is 292 g/mol. The van der Waals surface area contributed by atoms with Crippen LogP contribution in [0, 0.1) is 6.92 Å². The number of aliphatic hydroxyl groups excluding tert-OH is 1. The predicted octanol–water partition coefficient (Wildman–Crippen LogP) is 2.74. The van der Waals surface area contributed by atoms with E-state index in [4.69, 9.17) is 37.8 Å². The molecule has 1 aromatic rings. The zero-order valence-electron chi connectivity index (χ0n) is 10.1. The minimum atomic E-state index is -0.463. The fourth-order valence-electron chi connectivity index (χ4n) is 1.38. The summed E-state index contributed by atoms with van der Waals surface area (Å²) in [4.78, 5) is 11.2. The molecule has 4 nitrogen and oxygen atoms in total. The molecule has 0 bridgehead atoms. The van der Waals surface area contributed by atoms with E-state index in [1.165, 1.54) is 6.07 Å². The number of hydrogen-bond donors (Lipinski definition) is 1. The van der Waals surface area contributed by atoms with Crippen LogP contribution in [0.2, 0.25) is 10.0 Å². The molecule has 0 amide bonds. The summed E-state index contributed by atoms with van der Waals surface area (Å²) in [7, 11) is 0. The van der Waals surface area contributed by atoms with Gasteiger partial charge in [0.2, 0.25) is 0 Å². The van der Waals surface area contributed by atoms with Crippen LogP contribution in [-0.2, 0) is 16.1 Å². The molecule has 0 fully saturated rings. The maximum atomic E-state index is 11.2. The minimum Gasteiger partial charge on any atom is -0.482 e. The van der Waals surface area contributed by atoms with Gasteiger partial charge in [0.25, 0.3) is 0 Å². The molecule has 0 radical (unpaired) electrons. The Hall–Kier alpha value is -0.970. The molecule has 6 heteroatoms. The molecule has 0 atom stereocenters. The molecule has 0 heterocycles. The van der Waals surface area contributed by atoms with Gasteiger partial charge in [-0.05, 0) is 19.9 Å². The lowest BCUT2D eigenvalue weighted by Gasteiger charge is -2.13. The Labute approximate surface area is 115 Å². The van der Waals surface area contributed by atoms with Gasteiger partial charge < -0.3 is 14.6 Å². The van der Waals surface area contributed by atoms with Crippen molar-refractivity contribution in [2.45, 2.75) is 20.5 Å². The van der Waals surface area contributed by atoms with Gasteiger partial charge in [-0.25, -0.2) is 4.79 Å². The largest absolute Gasteiger partial charge is 0.482 e. The highest BCUT2D eigenvalue weighted by atomic mass is 35.5. The van der Waals surface area contributed by atoms with Crippen molar-refractivity contribution >= 4 is 29.2 Å². The van der Waals surface area contributed by atoms with Crippen molar-refractivity contribution in [3.8, 4) is 5.75 Å². The number of halogens is 2. The Morgan fingerprint density at radius 3 is 2.67 bits per heavy atom. The third-order valence-electron chi connectivity index (χ3n) is 2.32. The first-order chi connectivity index (χ1) is 8.51. The van der Waals surface area contributed by atoms with Crippen LogP contribution in [0.25, 0.3) is 0 Å². The van der Waals surface area contributed by atoms with Crippen molar-refractivity contribution in [1.82, 2.24) is 0 Å². The standard InChI is InChI=1S/C12H14Cl2O4/c1-3-17-11(16)6-18-10-4-9(13)8(5-15)12(14)7(10)2/h4,15H,3,5-6H2,1-2H3. The molecular weight excluding hydrogens is 279 g/mol. The molecule has 1 rings (SSSR count). The molecule has 1 aromatic carbocycles. The average molecular weight is 293 g/mol. The van der Waals surface area contributed by atoms with E-state index in [1.54, 1.807) is 13.8 Å². The molecule has 18 heavy (non-hydrogen) atoms. The second-order valence-corrected chi connectivity index (χ2v) is 4.31. The van der Waals surface area contributed by atoms with Gasteiger partial charge in [0.05, 0.1) is 23.3 Å². The highest BCUT2D eigenvalue weighted by Crippen LogP contribution is 2.34. The zero-order valence-corrected chi connectivity index (χ0v) is 11.6. The number of benzene rings is 1. The smallest absolute Gasteiger partial charge is 0.344 e. The van der Waals surface area contributed by atoms with Crippen LogP contribution in [-0.4, -0.2) is 24.3 Å². The summed E-state index contributed by atoms with van der Waals surface area (Å²) in [6.45, 7) is 3.27. The van der Waals surface area contributed by atoms with E-state index in [2.05, 4.69) is 0 Å². The molecule has 0 saturated heterocycles. The molecule has 0 saturated carbocycles. The lowest BCUT2D eigenvalue weighted by atomic mass is 10.1. The van der Waals surface area contributed by atoms with E-state index in [9.17, 15) is 4.79 Å². The van der Waals surface area contributed by atoms with Crippen LogP contribution >= 0.6 is 23.2 Å². The van der Waals surface area contributed by atoms with Gasteiger partial charge in [-0.15, -0.1) is 0 Å². The highest BCUT2D eigenvalue weighted by molar-refractivity contribution is 6.36. The van der Waals surface area contributed by atoms with Gasteiger partial charge in [-0.1, -0.05) is 23.2 Å². The fourth-order valence-corrected chi connectivity index (χ4v) is 1.94. The van der Waals surface area contributed by atoms with E-state index >= 15 is 0 Å². The Balaban J connectivity index is 2.88.